The van der Waals surface area contributed by atoms with Crippen LogP contribution < -0.4 is 5.56 Å². The van der Waals surface area contributed by atoms with Crippen molar-refractivity contribution in [1.29, 1.82) is 0 Å². The lowest BCUT2D eigenvalue weighted by atomic mass is 10.2. The standard InChI is InChI=1S/C13H19N3O2/c1-3-15-7-8-16(9-10(15)2)13(18)11-5-4-6-12(17)14-11/h4-6,10H,3,7-9H2,1-2H3,(H,14,17). The van der Waals surface area contributed by atoms with Gasteiger partial charge in [0.05, 0.1) is 0 Å². The number of likely N-dealkylation sites (N-methyl/N-ethyl adjacent to an activating group) is 1. The van der Waals surface area contributed by atoms with Crippen molar-refractivity contribution in [2.45, 2.75) is 19.9 Å². The third-order valence-electron chi connectivity index (χ3n) is 3.46. The van der Waals surface area contributed by atoms with Crippen LogP contribution in [-0.4, -0.2) is 52.9 Å². The summed E-state index contributed by atoms with van der Waals surface area (Å²) in [5, 5.41) is 0. The number of rotatable bonds is 2. The van der Waals surface area contributed by atoms with Crippen molar-refractivity contribution in [3.63, 3.8) is 0 Å². The molecule has 0 aliphatic carbocycles. The van der Waals surface area contributed by atoms with Crippen molar-refractivity contribution in [3.8, 4) is 0 Å². The smallest absolute Gasteiger partial charge is 0.270 e. The van der Waals surface area contributed by atoms with Crippen molar-refractivity contribution >= 4 is 5.91 Å². The molecule has 1 atom stereocenters. The molecule has 2 rings (SSSR count). The number of carbonyl (C=O) groups is 1. The van der Waals surface area contributed by atoms with E-state index >= 15 is 0 Å². The van der Waals surface area contributed by atoms with E-state index in [1.54, 1.807) is 12.1 Å². The number of hydrogen-bond donors (Lipinski definition) is 1. The number of aromatic nitrogens is 1. The molecular formula is C13H19N3O2. The molecule has 1 aliphatic rings. The Labute approximate surface area is 106 Å². The number of nitrogens with one attached hydrogen (secondary N) is 1. The molecule has 1 saturated heterocycles. The van der Waals surface area contributed by atoms with Gasteiger partial charge in [0, 0.05) is 31.7 Å². The van der Waals surface area contributed by atoms with Crippen LogP contribution in [0.5, 0.6) is 0 Å². The Morgan fingerprint density at radius 1 is 1.44 bits per heavy atom. The first-order valence-electron chi connectivity index (χ1n) is 6.34. The molecule has 1 unspecified atom stereocenters. The zero-order chi connectivity index (χ0) is 13.1. The molecule has 1 aromatic rings. The van der Waals surface area contributed by atoms with Gasteiger partial charge in [-0.2, -0.15) is 0 Å². The minimum atomic E-state index is -0.235. The number of H-pyrrole nitrogens is 1. The molecular weight excluding hydrogens is 230 g/mol. The third-order valence-corrected chi connectivity index (χ3v) is 3.46. The van der Waals surface area contributed by atoms with Gasteiger partial charge in [0.2, 0.25) is 5.56 Å². The highest BCUT2D eigenvalue weighted by Crippen LogP contribution is 2.11. The first-order valence-corrected chi connectivity index (χ1v) is 6.34. The number of piperazine rings is 1. The molecule has 18 heavy (non-hydrogen) atoms. The highest BCUT2D eigenvalue weighted by molar-refractivity contribution is 5.92. The van der Waals surface area contributed by atoms with E-state index in [4.69, 9.17) is 0 Å². The number of nitrogens with zero attached hydrogens (tertiary/aromatic N) is 2. The SMILES string of the molecule is CCN1CCN(C(=O)c2cccc(=O)[nH]2)CC1C. The molecule has 0 bridgehead atoms. The lowest BCUT2D eigenvalue weighted by molar-refractivity contribution is 0.0523. The van der Waals surface area contributed by atoms with Gasteiger partial charge in [0.15, 0.2) is 0 Å². The van der Waals surface area contributed by atoms with Gasteiger partial charge >= 0.3 is 0 Å². The lowest BCUT2D eigenvalue weighted by Gasteiger charge is -2.39. The monoisotopic (exact) mass is 249 g/mol. The Hall–Kier alpha value is -1.62. The van der Waals surface area contributed by atoms with Gasteiger partial charge in [-0.1, -0.05) is 13.0 Å². The van der Waals surface area contributed by atoms with Gasteiger partial charge in [-0.05, 0) is 19.5 Å². The fourth-order valence-electron chi connectivity index (χ4n) is 2.39. The maximum absolute atomic E-state index is 12.2. The van der Waals surface area contributed by atoms with Crippen LogP contribution in [-0.2, 0) is 0 Å². The zero-order valence-electron chi connectivity index (χ0n) is 10.8. The first kappa shape index (κ1) is 12.8. The lowest BCUT2D eigenvalue weighted by Crippen LogP contribution is -2.53. The average Bonchev–Trinajstić information content (AvgIpc) is 2.37. The first-order chi connectivity index (χ1) is 8.61. The van der Waals surface area contributed by atoms with Crippen LogP contribution in [0.25, 0.3) is 0 Å². The minimum Gasteiger partial charge on any atom is -0.335 e. The minimum absolute atomic E-state index is 0.0877. The summed E-state index contributed by atoms with van der Waals surface area (Å²) in [5.41, 5.74) is 0.140. The Morgan fingerprint density at radius 3 is 2.83 bits per heavy atom. The van der Waals surface area contributed by atoms with Gasteiger partial charge in [0.1, 0.15) is 5.69 Å². The Balaban J connectivity index is 2.09. The van der Waals surface area contributed by atoms with Crippen molar-refractivity contribution < 1.29 is 4.79 Å². The molecule has 98 valence electrons. The molecule has 0 spiro atoms. The van der Waals surface area contributed by atoms with E-state index in [9.17, 15) is 9.59 Å². The summed E-state index contributed by atoms with van der Waals surface area (Å²) < 4.78 is 0. The Bertz CT molecular complexity index is 483. The summed E-state index contributed by atoms with van der Waals surface area (Å²) in [5.74, 6) is -0.0877. The van der Waals surface area contributed by atoms with Crippen LogP contribution in [0.15, 0.2) is 23.0 Å². The second-order valence-corrected chi connectivity index (χ2v) is 4.66. The summed E-state index contributed by atoms with van der Waals surface area (Å²) in [6.45, 7) is 7.57. The maximum Gasteiger partial charge on any atom is 0.270 e. The molecule has 1 aliphatic heterocycles. The van der Waals surface area contributed by atoms with Crippen molar-refractivity contribution in [2.75, 3.05) is 26.2 Å². The molecule has 1 aromatic heterocycles. The molecule has 1 fully saturated rings. The van der Waals surface area contributed by atoms with Crippen LogP contribution in [0.4, 0.5) is 0 Å². The van der Waals surface area contributed by atoms with E-state index in [2.05, 4.69) is 23.7 Å². The van der Waals surface area contributed by atoms with Crippen LogP contribution in [0.3, 0.4) is 0 Å². The van der Waals surface area contributed by atoms with Crippen LogP contribution >= 0.6 is 0 Å². The molecule has 1 amide bonds. The van der Waals surface area contributed by atoms with E-state index in [0.717, 1.165) is 13.1 Å². The van der Waals surface area contributed by atoms with Gasteiger partial charge < -0.3 is 9.88 Å². The quantitative estimate of drug-likeness (QED) is 0.832. The van der Waals surface area contributed by atoms with E-state index in [1.807, 2.05) is 4.90 Å². The Morgan fingerprint density at radius 2 is 2.22 bits per heavy atom. The number of pyridine rings is 1. The topological polar surface area (TPSA) is 56.4 Å². The maximum atomic E-state index is 12.2. The zero-order valence-corrected chi connectivity index (χ0v) is 10.8. The van der Waals surface area contributed by atoms with Crippen molar-refractivity contribution in [2.24, 2.45) is 0 Å². The predicted molar refractivity (Wildman–Crippen MR) is 69.7 cm³/mol. The second kappa shape index (κ2) is 5.35. The summed E-state index contributed by atoms with van der Waals surface area (Å²) >= 11 is 0. The molecule has 5 nitrogen and oxygen atoms in total. The highest BCUT2D eigenvalue weighted by Gasteiger charge is 2.26. The van der Waals surface area contributed by atoms with Crippen molar-refractivity contribution in [3.05, 3.63) is 34.2 Å². The van der Waals surface area contributed by atoms with Crippen LogP contribution in [0.2, 0.25) is 0 Å². The summed E-state index contributed by atoms with van der Waals surface area (Å²) in [4.78, 5) is 30.2. The second-order valence-electron chi connectivity index (χ2n) is 4.66. The van der Waals surface area contributed by atoms with Gasteiger partial charge in [-0.25, -0.2) is 0 Å². The molecule has 0 aromatic carbocycles. The van der Waals surface area contributed by atoms with Gasteiger partial charge in [-0.15, -0.1) is 0 Å². The van der Waals surface area contributed by atoms with Crippen LogP contribution in [0.1, 0.15) is 24.3 Å². The number of amides is 1. The van der Waals surface area contributed by atoms with E-state index in [1.165, 1.54) is 6.07 Å². The van der Waals surface area contributed by atoms with Crippen molar-refractivity contribution in [1.82, 2.24) is 14.8 Å². The normalized spacial score (nSPS) is 21.0. The third kappa shape index (κ3) is 2.61. The number of aromatic amines is 1. The van der Waals surface area contributed by atoms with Gasteiger partial charge in [0.25, 0.3) is 5.91 Å². The summed E-state index contributed by atoms with van der Waals surface area (Å²) in [7, 11) is 0. The van der Waals surface area contributed by atoms with E-state index in [-0.39, 0.29) is 11.5 Å². The Kier molecular flexibility index (Phi) is 3.81. The fourth-order valence-corrected chi connectivity index (χ4v) is 2.39. The molecule has 0 radical (unpaired) electrons. The van der Waals surface area contributed by atoms with E-state index < -0.39 is 0 Å². The van der Waals surface area contributed by atoms with Gasteiger partial charge in [-0.3, -0.25) is 14.5 Å². The number of hydrogen-bond acceptors (Lipinski definition) is 3. The van der Waals surface area contributed by atoms with E-state index in [0.29, 0.717) is 24.8 Å². The van der Waals surface area contributed by atoms with Crippen LogP contribution in [0, 0.1) is 0 Å². The molecule has 2 heterocycles. The predicted octanol–water partition coefficient (Wildman–Crippen LogP) is 0.541. The highest BCUT2D eigenvalue weighted by atomic mass is 16.2. The summed E-state index contributed by atoms with van der Waals surface area (Å²) in [6.07, 6.45) is 0. The fraction of sp³-hybridized carbons (Fsp3) is 0.538. The average molecular weight is 249 g/mol. The largest absolute Gasteiger partial charge is 0.335 e. The molecule has 5 heteroatoms. The number of carbonyl (C=O) groups excluding carboxylic acids is 1. The molecule has 0 saturated carbocycles. The summed E-state index contributed by atoms with van der Waals surface area (Å²) in [6, 6.07) is 5.04. The molecule has 1 N–H and O–H groups in total.